The smallest absolute Gasteiger partial charge is 0.407 e. The molecular formula is C13H22N2O4. The van der Waals surface area contributed by atoms with Crippen molar-refractivity contribution in [3.05, 3.63) is 0 Å². The van der Waals surface area contributed by atoms with E-state index < -0.39 is 5.60 Å². The van der Waals surface area contributed by atoms with E-state index in [1.54, 1.807) is 0 Å². The number of carbonyl (C=O) groups excluding carboxylic acids is 2. The number of hydrogen-bond acceptors (Lipinski definition) is 4. The van der Waals surface area contributed by atoms with E-state index in [4.69, 9.17) is 9.57 Å². The molecule has 6 nitrogen and oxygen atoms in total. The van der Waals surface area contributed by atoms with Crippen molar-refractivity contribution in [3.63, 3.8) is 0 Å². The average molecular weight is 270 g/mol. The fourth-order valence-electron chi connectivity index (χ4n) is 2.57. The van der Waals surface area contributed by atoms with E-state index in [-0.39, 0.29) is 23.6 Å². The van der Waals surface area contributed by atoms with E-state index in [9.17, 15) is 9.59 Å². The predicted molar refractivity (Wildman–Crippen MR) is 68.2 cm³/mol. The number of hydrogen-bond donors (Lipinski definition) is 2. The molecule has 0 unspecified atom stereocenters. The molecule has 0 atom stereocenters. The van der Waals surface area contributed by atoms with E-state index in [1.807, 2.05) is 20.8 Å². The molecule has 1 aliphatic heterocycles. The normalized spacial score (nSPS) is 31.1. The Morgan fingerprint density at radius 2 is 2.05 bits per heavy atom. The molecule has 1 saturated heterocycles. The van der Waals surface area contributed by atoms with Crippen molar-refractivity contribution in [1.29, 1.82) is 0 Å². The van der Waals surface area contributed by atoms with Gasteiger partial charge in [0, 0.05) is 6.04 Å². The molecule has 2 amide bonds. The first-order chi connectivity index (χ1) is 8.78. The summed E-state index contributed by atoms with van der Waals surface area (Å²) in [6.45, 7) is 5.52. The highest BCUT2D eigenvalue weighted by Crippen LogP contribution is 2.36. The van der Waals surface area contributed by atoms with Crippen LogP contribution in [0.15, 0.2) is 0 Å². The van der Waals surface area contributed by atoms with Crippen molar-refractivity contribution in [1.82, 2.24) is 10.8 Å². The highest BCUT2D eigenvalue weighted by atomic mass is 16.7. The molecule has 0 aromatic rings. The van der Waals surface area contributed by atoms with E-state index in [0.29, 0.717) is 6.42 Å². The van der Waals surface area contributed by atoms with Gasteiger partial charge in [0.05, 0.1) is 6.42 Å². The monoisotopic (exact) mass is 270 g/mol. The second-order valence-corrected chi connectivity index (χ2v) is 6.41. The Balaban J connectivity index is 1.78. The molecule has 0 radical (unpaired) electrons. The molecule has 2 N–H and O–H groups in total. The van der Waals surface area contributed by atoms with Gasteiger partial charge < -0.3 is 10.1 Å². The van der Waals surface area contributed by atoms with Gasteiger partial charge in [0.15, 0.2) is 0 Å². The number of hydroxylamine groups is 1. The van der Waals surface area contributed by atoms with Crippen LogP contribution in [0.5, 0.6) is 0 Å². The van der Waals surface area contributed by atoms with E-state index in [1.165, 1.54) is 0 Å². The van der Waals surface area contributed by atoms with Crippen molar-refractivity contribution in [2.24, 2.45) is 0 Å². The second-order valence-electron chi connectivity index (χ2n) is 6.41. The van der Waals surface area contributed by atoms with Gasteiger partial charge in [-0.25, -0.2) is 10.3 Å². The topological polar surface area (TPSA) is 76.7 Å². The Kier molecular flexibility index (Phi) is 3.71. The van der Waals surface area contributed by atoms with Crippen molar-refractivity contribution >= 4 is 12.0 Å². The van der Waals surface area contributed by atoms with Crippen LogP contribution >= 0.6 is 0 Å². The van der Waals surface area contributed by atoms with Gasteiger partial charge in [-0.3, -0.25) is 9.63 Å². The lowest BCUT2D eigenvalue weighted by atomic mass is 9.80. The number of ether oxygens (including phenoxy) is 1. The summed E-state index contributed by atoms with van der Waals surface area (Å²) in [5.74, 6) is -0.0569. The summed E-state index contributed by atoms with van der Waals surface area (Å²) >= 11 is 0. The zero-order chi connectivity index (χ0) is 14.1. The Labute approximate surface area is 113 Å². The Bertz CT molecular complexity index is 367. The second kappa shape index (κ2) is 5.00. The standard InChI is InChI=1S/C13H22N2O4/c1-12(2,3)18-11(17)14-9-4-6-13(7-5-9)8-10(16)15-19-13/h9H,4-8H2,1-3H3,(H,14,17)(H,15,16). The molecule has 1 aliphatic carbocycles. The zero-order valence-corrected chi connectivity index (χ0v) is 11.7. The number of alkyl carbamates (subject to hydrolysis) is 1. The van der Waals surface area contributed by atoms with Crippen LogP contribution in [0.4, 0.5) is 4.79 Å². The molecule has 19 heavy (non-hydrogen) atoms. The third-order valence-corrected chi connectivity index (χ3v) is 3.48. The maximum atomic E-state index is 11.7. The number of carbonyl (C=O) groups is 2. The summed E-state index contributed by atoms with van der Waals surface area (Å²) in [5.41, 5.74) is 1.58. The molecule has 1 heterocycles. The maximum absolute atomic E-state index is 11.7. The molecule has 108 valence electrons. The molecule has 2 fully saturated rings. The highest BCUT2D eigenvalue weighted by Gasteiger charge is 2.43. The molecule has 1 saturated carbocycles. The van der Waals surface area contributed by atoms with E-state index in [0.717, 1.165) is 25.7 Å². The minimum absolute atomic E-state index is 0.0569. The summed E-state index contributed by atoms with van der Waals surface area (Å²) in [6, 6.07) is 0.0970. The first-order valence-corrected chi connectivity index (χ1v) is 6.74. The molecule has 2 aliphatic rings. The number of amides is 2. The fourth-order valence-corrected chi connectivity index (χ4v) is 2.57. The maximum Gasteiger partial charge on any atom is 0.407 e. The van der Waals surface area contributed by atoms with Crippen LogP contribution < -0.4 is 10.8 Å². The minimum Gasteiger partial charge on any atom is -0.444 e. The summed E-state index contributed by atoms with van der Waals surface area (Å²) in [6.07, 6.45) is 3.18. The van der Waals surface area contributed by atoms with Crippen molar-refractivity contribution in [2.75, 3.05) is 0 Å². The average Bonchev–Trinajstić information content (AvgIpc) is 2.61. The first-order valence-electron chi connectivity index (χ1n) is 6.74. The Morgan fingerprint density at radius 1 is 1.42 bits per heavy atom. The Morgan fingerprint density at radius 3 is 2.53 bits per heavy atom. The molecule has 0 bridgehead atoms. The van der Waals surface area contributed by atoms with Gasteiger partial charge >= 0.3 is 6.09 Å². The van der Waals surface area contributed by atoms with Crippen molar-refractivity contribution in [3.8, 4) is 0 Å². The predicted octanol–water partition coefficient (Wildman–Crippen LogP) is 1.64. The lowest BCUT2D eigenvalue weighted by Gasteiger charge is -2.35. The van der Waals surface area contributed by atoms with Gasteiger partial charge in [0.25, 0.3) is 0 Å². The summed E-state index contributed by atoms with van der Waals surface area (Å²) in [7, 11) is 0. The van der Waals surface area contributed by atoms with E-state index >= 15 is 0 Å². The van der Waals surface area contributed by atoms with Crippen LogP contribution in [0.3, 0.4) is 0 Å². The third kappa shape index (κ3) is 3.83. The van der Waals surface area contributed by atoms with Gasteiger partial charge in [0.2, 0.25) is 5.91 Å². The fraction of sp³-hybridized carbons (Fsp3) is 0.846. The number of nitrogens with one attached hydrogen (secondary N) is 2. The summed E-state index contributed by atoms with van der Waals surface area (Å²) in [5, 5.41) is 2.87. The minimum atomic E-state index is -0.481. The molecular weight excluding hydrogens is 248 g/mol. The van der Waals surface area contributed by atoms with Gasteiger partial charge in [0.1, 0.15) is 11.2 Å². The lowest BCUT2D eigenvalue weighted by Crippen LogP contribution is -2.45. The number of rotatable bonds is 1. The van der Waals surface area contributed by atoms with Crippen molar-refractivity contribution in [2.45, 2.75) is 70.1 Å². The first kappa shape index (κ1) is 14.1. The molecule has 6 heteroatoms. The Hall–Kier alpha value is -1.30. The van der Waals surface area contributed by atoms with Crippen LogP contribution in [0.2, 0.25) is 0 Å². The van der Waals surface area contributed by atoms with Crippen LogP contribution in [0, 0.1) is 0 Å². The summed E-state index contributed by atoms with van der Waals surface area (Å²) < 4.78 is 5.23. The largest absolute Gasteiger partial charge is 0.444 e. The SMILES string of the molecule is CC(C)(C)OC(=O)NC1CCC2(CC1)CC(=O)NO2. The van der Waals surface area contributed by atoms with Crippen LogP contribution in [0.25, 0.3) is 0 Å². The van der Waals surface area contributed by atoms with Crippen LogP contribution in [-0.2, 0) is 14.4 Å². The van der Waals surface area contributed by atoms with Crippen LogP contribution in [-0.4, -0.2) is 29.2 Å². The molecule has 2 rings (SSSR count). The zero-order valence-electron chi connectivity index (χ0n) is 11.7. The lowest BCUT2D eigenvalue weighted by molar-refractivity contribution is -0.127. The molecule has 0 aromatic carbocycles. The highest BCUT2D eigenvalue weighted by molar-refractivity contribution is 5.77. The van der Waals surface area contributed by atoms with Gasteiger partial charge in [-0.15, -0.1) is 0 Å². The van der Waals surface area contributed by atoms with Gasteiger partial charge in [-0.05, 0) is 46.5 Å². The summed E-state index contributed by atoms with van der Waals surface area (Å²) in [4.78, 5) is 28.3. The quantitative estimate of drug-likeness (QED) is 0.759. The van der Waals surface area contributed by atoms with E-state index in [2.05, 4.69) is 10.8 Å². The molecule has 1 spiro atoms. The third-order valence-electron chi connectivity index (χ3n) is 3.48. The van der Waals surface area contributed by atoms with Gasteiger partial charge in [-0.1, -0.05) is 0 Å². The molecule has 0 aromatic heterocycles. The van der Waals surface area contributed by atoms with Crippen molar-refractivity contribution < 1.29 is 19.2 Å². The van der Waals surface area contributed by atoms with Gasteiger partial charge in [-0.2, -0.15) is 0 Å². The van der Waals surface area contributed by atoms with Crippen LogP contribution in [0.1, 0.15) is 52.9 Å².